The van der Waals surface area contributed by atoms with Gasteiger partial charge < -0.3 is 0 Å². The van der Waals surface area contributed by atoms with Gasteiger partial charge in [0.1, 0.15) is 0 Å². The minimum absolute atomic E-state index is 0.146. The van der Waals surface area contributed by atoms with E-state index in [0.29, 0.717) is 5.56 Å². The van der Waals surface area contributed by atoms with Crippen LogP contribution >= 0.6 is 11.3 Å². The number of hydrogen-bond donors (Lipinski definition) is 0. The first-order valence-electron chi connectivity index (χ1n) is 6.90. The summed E-state index contributed by atoms with van der Waals surface area (Å²) < 4.78 is 2.29. The van der Waals surface area contributed by atoms with Crippen LogP contribution in [0.15, 0.2) is 66.7 Å². The van der Waals surface area contributed by atoms with Gasteiger partial charge in [-0.3, -0.25) is 10.1 Å². The number of fused-ring (bicyclic) bond motifs is 3. The molecule has 4 rings (SSSR count). The van der Waals surface area contributed by atoms with E-state index < -0.39 is 0 Å². The smallest absolute Gasteiger partial charge is 0.258 e. The van der Waals surface area contributed by atoms with E-state index in [4.69, 9.17) is 0 Å². The van der Waals surface area contributed by atoms with Gasteiger partial charge in [-0.1, -0.05) is 48.5 Å². The van der Waals surface area contributed by atoms with Crippen LogP contribution in [0.5, 0.6) is 0 Å². The molecule has 3 aromatic carbocycles. The molecule has 106 valence electrons. The van der Waals surface area contributed by atoms with Crippen molar-refractivity contribution in [1.29, 1.82) is 0 Å². The zero-order valence-electron chi connectivity index (χ0n) is 11.5. The number of thiophene rings is 1. The molecule has 0 aliphatic carbocycles. The van der Waals surface area contributed by atoms with E-state index in [9.17, 15) is 10.1 Å². The average Bonchev–Trinajstić information content (AvgIpc) is 2.93. The molecule has 0 bridgehead atoms. The molecule has 0 radical (unpaired) electrons. The number of nitrogens with zero attached hydrogens (tertiary/aromatic N) is 1. The predicted molar refractivity (Wildman–Crippen MR) is 91.4 cm³/mol. The highest BCUT2D eigenvalue weighted by Crippen LogP contribution is 2.41. The molecule has 0 saturated carbocycles. The molecule has 0 fully saturated rings. The van der Waals surface area contributed by atoms with Crippen molar-refractivity contribution in [2.24, 2.45) is 0 Å². The number of rotatable bonds is 2. The van der Waals surface area contributed by atoms with Gasteiger partial charge in [0.2, 0.25) is 0 Å². The van der Waals surface area contributed by atoms with E-state index >= 15 is 0 Å². The Hall–Kier alpha value is -2.72. The molecule has 0 amide bonds. The van der Waals surface area contributed by atoms with Crippen LogP contribution in [0.4, 0.5) is 5.69 Å². The molecule has 22 heavy (non-hydrogen) atoms. The molecule has 0 atom stereocenters. The highest BCUT2D eigenvalue weighted by atomic mass is 32.1. The number of nitro benzene ring substituents is 1. The number of nitro groups is 1. The Labute approximate surface area is 130 Å². The molecule has 1 aromatic heterocycles. The van der Waals surface area contributed by atoms with Crippen molar-refractivity contribution >= 4 is 37.2 Å². The normalized spacial score (nSPS) is 11.1. The lowest BCUT2D eigenvalue weighted by Crippen LogP contribution is -1.91. The maximum Gasteiger partial charge on any atom is 0.277 e. The van der Waals surface area contributed by atoms with Crippen LogP contribution in [-0.2, 0) is 0 Å². The SMILES string of the molecule is O=[N+]([O-])c1ccccc1-c1cccc2c1sc1ccccc12. The van der Waals surface area contributed by atoms with Gasteiger partial charge in [-0.15, -0.1) is 11.3 Å². The Morgan fingerprint density at radius 2 is 1.45 bits per heavy atom. The summed E-state index contributed by atoms with van der Waals surface area (Å²) in [4.78, 5) is 11.0. The molecule has 0 spiro atoms. The molecule has 3 nitrogen and oxygen atoms in total. The minimum Gasteiger partial charge on any atom is -0.258 e. The Kier molecular flexibility index (Phi) is 2.91. The zero-order chi connectivity index (χ0) is 15.1. The third-order valence-corrected chi connectivity index (χ3v) is 5.02. The quantitative estimate of drug-likeness (QED) is 0.356. The molecule has 0 aliphatic heterocycles. The minimum atomic E-state index is -0.318. The van der Waals surface area contributed by atoms with Crippen molar-refractivity contribution in [2.45, 2.75) is 0 Å². The van der Waals surface area contributed by atoms with Crippen molar-refractivity contribution in [3.05, 3.63) is 76.8 Å². The fourth-order valence-electron chi connectivity index (χ4n) is 2.82. The number of para-hydroxylation sites is 1. The molecule has 0 aliphatic rings. The van der Waals surface area contributed by atoms with Gasteiger partial charge in [-0.2, -0.15) is 0 Å². The van der Waals surface area contributed by atoms with Crippen LogP contribution in [0.3, 0.4) is 0 Å². The fourth-order valence-corrected chi connectivity index (χ4v) is 4.05. The van der Waals surface area contributed by atoms with Gasteiger partial charge in [0.25, 0.3) is 5.69 Å². The molecular weight excluding hydrogens is 294 g/mol. The summed E-state index contributed by atoms with van der Waals surface area (Å²) in [6.07, 6.45) is 0. The lowest BCUT2D eigenvalue weighted by atomic mass is 10.0. The fraction of sp³-hybridized carbons (Fsp3) is 0. The van der Waals surface area contributed by atoms with Crippen molar-refractivity contribution in [2.75, 3.05) is 0 Å². The molecule has 0 saturated heterocycles. The lowest BCUT2D eigenvalue weighted by Gasteiger charge is -2.04. The number of benzene rings is 3. The van der Waals surface area contributed by atoms with Gasteiger partial charge in [0.05, 0.1) is 10.5 Å². The van der Waals surface area contributed by atoms with Crippen molar-refractivity contribution in [3.8, 4) is 11.1 Å². The zero-order valence-corrected chi connectivity index (χ0v) is 12.3. The van der Waals surface area contributed by atoms with Gasteiger partial charge in [-0.25, -0.2) is 0 Å². The van der Waals surface area contributed by atoms with Crippen molar-refractivity contribution in [3.63, 3.8) is 0 Å². The van der Waals surface area contributed by atoms with Crippen LogP contribution < -0.4 is 0 Å². The monoisotopic (exact) mass is 305 g/mol. The third-order valence-electron chi connectivity index (χ3n) is 3.80. The van der Waals surface area contributed by atoms with E-state index in [-0.39, 0.29) is 10.6 Å². The van der Waals surface area contributed by atoms with E-state index in [0.717, 1.165) is 15.6 Å². The summed E-state index contributed by atoms with van der Waals surface area (Å²) in [6, 6.07) is 21.1. The average molecular weight is 305 g/mol. The van der Waals surface area contributed by atoms with Crippen LogP contribution in [0.2, 0.25) is 0 Å². The maximum atomic E-state index is 11.3. The molecule has 4 heteroatoms. The standard InChI is InChI=1S/C18H11NO2S/c20-19(21)16-10-3-1-6-12(16)14-8-5-9-15-13-7-2-4-11-17(13)22-18(14)15/h1-11H. The Morgan fingerprint density at radius 1 is 0.773 bits per heavy atom. The van der Waals surface area contributed by atoms with Gasteiger partial charge in [0.15, 0.2) is 0 Å². The molecule has 0 unspecified atom stereocenters. The summed E-state index contributed by atoms with van der Waals surface area (Å²) >= 11 is 1.68. The largest absolute Gasteiger partial charge is 0.277 e. The molecule has 1 heterocycles. The third kappa shape index (κ3) is 1.89. The Morgan fingerprint density at radius 3 is 2.32 bits per heavy atom. The highest BCUT2D eigenvalue weighted by Gasteiger charge is 2.17. The van der Waals surface area contributed by atoms with Gasteiger partial charge in [-0.05, 0) is 12.1 Å². The molecule has 0 N–H and O–H groups in total. The van der Waals surface area contributed by atoms with Crippen molar-refractivity contribution in [1.82, 2.24) is 0 Å². The van der Waals surface area contributed by atoms with E-state index in [1.54, 1.807) is 23.5 Å². The lowest BCUT2D eigenvalue weighted by molar-refractivity contribution is -0.384. The van der Waals surface area contributed by atoms with Crippen LogP contribution in [0, 0.1) is 10.1 Å². The Balaban J connectivity index is 2.10. The van der Waals surface area contributed by atoms with Crippen LogP contribution in [-0.4, -0.2) is 4.92 Å². The van der Waals surface area contributed by atoms with Gasteiger partial charge >= 0.3 is 0 Å². The van der Waals surface area contributed by atoms with Crippen molar-refractivity contribution < 1.29 is 4.92 Å². The summed E-state index contributed by atoms with van der Waals surface area (Å²) in [5.41, 5.74) is 1.74. The van der Waals surface area contributed by atoms with Crippen LogP contribution in [0.25, 0.3) is 31.3 Å². The first-order valence-corrected chi connectivity index (χ1v) is 7.71. The van der Waals surface area contributed by atoms with E-state index in [1.807, 2.05) is 36.4 Å². The van der Waals surface area contributed by atoms with Gasteiger partial charge in [0, 0.05) is 31.8 Å². The summed E-state index contributed by atoms with van der Waals surface area (Å²) in [5, 5.41) is 13.7. The second kappa shape index (κ2) is 4.93. The molecule has 4 aromatic rings. The van der Waals surface area contributed by atoms with Crippen LogP contribution in [0.1, 0.15) is 0 Å². The predicted octanol–water partition coefficient (Wildman–Crippen LogP) is 5.63. The summed E-state index contributed by atoms with van der Waals surface area (Å²) in [7, 11) is 0. The molecular formula is C18H11NO2S. The summed E-state index contributed by atoms with van der Waals surface area (Å²) in [6.45, 7) is 0. The van der Waals surface area contributed by atoms with E-state index in [2.05, 4.69) is 18.2 Å². The first kappa shape index (κ1) is 13.0. The maximum absolute atomic E-state index is 11.3. The number of hydrogen-bond acceptors (Lipinski definition) is 3. The first-order chi connectivity index (χ1) is 10.8. The Bertz CT molecular complexity index is 1020. The van der Waals surface area contributed by atoms with E-state index in [1.165, 1.54) is 10.1 Å². The second-order valence-electron chi connectivity index (χ2n) is 5.05. The summed E-state index contributed by atoms with van der Waals surface area (Å²) in [5.74, 6) is 0. The second-order valence-corrected chi connectivity index (χ2v) is 6.11. The topological polar surface area (TPSA) is 43.1 Å². The highest BCUT2D eigenvalue weighted by molar-refractivity contribution is 7.26.